The van der Waals surface area contributed by atoms with E-state index >= 15 is 0 Å². The van der Waals surface area contributed by atoms with Gasteiger partial charge in [0.1, 0.15) is 0 Å². The average molecular weight is 372 g/mol. The van der Waals surface area contributed by atoms with Gasteiger partial charge in [0.15, 0.2) is 0 Å². The van der Waals surface area contributed by atoms with Gasteiger partial charge in [-0.15, -0.1) is 0 Å². The lowest BCUT2D eigenvalue weighted by Gasteiger charge is -2.20. The molecule has 0 saturated carbocycles. The smallest absolute Gasteiger partial charge is 0.0451 e. The van der Waals surface area contributed by atoms with Crippen molar-refractivity contribution in [3.63, 3.8) is 0 Å². The summed E-state index contributed by atoms with van der Waals surface area (Å²) < 4.78 is 1.09. The molecule has 0 aromatic heterocycles. The van der Waals surface area contributed by atoms with Crippen molar-refractivity contribution in [2.24, 2.45) is 5.92 Å². The Kier molecular flexibility index (Phi) is 6.40. The highest BCUT2D eigenvalue weighted by Crippen LogP contribution is 2.20. The minimum Gasteiger partial charge on any atom is -0.309 e. The average Bonchev–Trinajstić information content (AvgIpc) is 2.23. The lowest BCUT2D eigenvalue weighted by molar-refractivity contribution is 0.436. The van der Waals surface area contributed by atoms with Crippen LogP contribution in [0, 0.1) is 5.92 Å². The first-order chi connectivity index (χ1) is 7.54. The summed E-state index contributed by atoms with van der Waals surface area (Å²) in [5, 5.41) is 5.01. The molecule has 1 rings (SSSR count). The Morgan fingerprint density at radius 2 is 2.00 bits per heavy atom. The SMILES string of the molecule is CC(C)C(CI)NCc1cc(Cl)ccc1Cl. The fourth-order valence-electron chi connectivity index (χ4n) is 1.39. The van der Waals surface area contributed by atoms with E-state index < -0.39 is 0 Å². The van der Waals surface area contributed by atoms with Gasteiger partial charge in [0.2, 0.25) is 0 Å². The van der Waals surface area contributed by atoms with Gasteiger partial charge in [-0.1, -0.05) is 59.6 Å². The first-order valence-electron chi connectivity index (χ1n) is 5.28. The van der Waals surface area contributed by atoms with E-state index in [4.69, 9.17) is 23.2 Å². The summed E-state index contributed by atoms with van der Waals surface area (Å²) in [5.41, 5.74) is 1.06. The molecular weight excluding hydrogens is 356 g/mol. The highest BCUT2D eigenvalue weighted by Gasteiger charge is 2.11. The summed E-state index contributed by atoms with van der Waals surface area (Å²) in [6.07, 6.45) is 0. The summed E-state index contributed by atoms with van der Waals surface area (Å²) >= 11 is 14.4. The highest BCUT2D eigenvalue weighted by molar-refractivity contribution is 14.1. The first-order valence-corrected chi connectivity index (χ1v) is 7.56. The predicted molar refractivity (Wildman–Crippen MR) is 80.8 cm³/mol. The van der Waals surface area contributed by atoms with E-state index in [2.05, 4.69) is 41.8 Å². The molecule has 0 aliphatic heterocycles. The van der Waals surface area contributed by atoms with E-state index in [9.17, 15) is 0 Å². The van der Waals surface area contributed by atoms with Crippen LogP contribution < -0.4 is 5.32 Å². The van der Waals surface area contributed by atoms with Gasteiger partial charge < -0.3 is 5.32 Å². The van der Waals surface area contributed by atoms with Gasteiger partial charge in [0, 0.05) is 27.1 Å². The van der Waals surface area contributed by atoms with Crippen LogP contribution in [0.1, 0.15) is 19.4 Å². The van der Waals surface area contributed by atoms with Crippen molar-refractivity contribution in [1.82, 2.24) is 5.32 Å². The third-order valence-corrected chi connectivity index (χ3v) is 4.09. The number of halogens is 3. The van der Waals surface area contributed by atoms with Crippen molar-refractivity contribution in [3.8, 4) is 0 Å². The second-order valence-corrected chi connectivity index (χ2v) is 5.85. The van der Waals surface area contributed by atoms with E-state index in [1.165, 1.54) is 0 Å². The van der Waals surface area contributed by atoms with Crippen molar-refractivity contribution < 1.29 is 0 Å². The number of rotatable bonds is 5. The third-order valence-electron chi connectivity index (χ3n) is 2.53. The zero-order valence-corrected chi connectivity index (χ0v) is 13.1. The maximum absolute atomic E-state index is 6.10. The van der Waals surface area contributed by atoms with Gasteiger partial charge in [-0.3, -0.25) is 0 Å². The maximum atomic E-state index is 6.10. The van der Waals surface area contributed by atoms with Crippen LogP contribution in [-0.2, 0) is 6.54 Å². The Labute approximate surface area is 121 Å². The number of hydrogen-bond donors (Lipinski definition) is 1. The Morgan fingerprint density at radius 3 is 2.56 bits per heavy atom. The molecule has 0 heterocycles. The van der Waals surface area contributed by atoms with Crippen LogP contribution in [0.25, 0.3) is 0 Å². The second kappa shape index (κ2) is 7.04. The molecule has 90 valence electrons. The minimum absolute atomic E-state index is 0.510. The van der Waals surface area contributed by atoms with Crippen molar-refractivity contribution in [2.45, 2.75) is 26.4 Å². The zero-order valence-electron chi connectivity index (χ0n) is 9.43. The van der Waals surface area contributed by atoms with Crippen molar-refractivity contribution in [3.05, 3.63) is 33.8 Å². The fourth-order valence-corrected chi connectivity index (χ4v) is 3.10. The summed E-state index contributed by atoms with van der Waals surface area (Å²) in [5.74, 6) is 0.620. The van der Waals surface area contributed by atoms with Crippen LogP contribution >= 0.6 is 45.8 Å². The number of hydrogen-bond acceptors (Lipinski definition) is 1. The molecule has 0 amide bonds. The molecule has 4 heteroatoms. The zero-order chi connectivity index (χ0) is 12.1. The predicted octanol–water partition coefficient (Wildman–Crippen LogP) is 4.54. The summed E-state index contributed by atoms with van der Waals surface area (Å²) in [4.78, 5) is 0. The van der Waals surface area contributed by atoms with Crippen LogP contribution in [0.2, 0.25) is 10.0 Å². The number of benzene rings is 1. The molecule has 0 aliphatic rings. The van der Waals surface area contributed by atoms with Gasteiger partial charge in [-0.05, 0) is 29.7 Å². The minimum atomic E-state index is 0.510. The topological polar surface area (TPSA) is 12.0 Å². The van der Waals surface area contributed by atoms with E-state index in [0.717, 1.165) is 26.6 Å². The molecule has 1 atom stereocenters. The number of alkyl halides is 1. The Bertz CT molecular complexity index is 342. The molecule has 1 nitrogen and oxygen atoms in total. The molecule has 0 aliphatic carbocycles. The molecule has 0 radical (unpaired) electrons. The van der Waals surface area contributed by atoms with Crippen LogP contribution in [0.3, 0.4) is 0 Å². The molecule has 1 aromatic carbocycles. The molecule has 16 heavy (non-hydrogen) atoms. The lowest BCUT2D eigenvalue weighted by Crippen LogP contribution is -2.34. The quantitative estimate of drug-likeness (QED) is 0.591. The van der Waals surface area contributed by atoms with E-state index in [0.29, 0.717) is 12.0 Å². The molecule has 0 fully saturated rings. The molecule has 0 bridgehead atoms. The van der Waals surface area contributed by atoms with Crippen LogP contribution in [0.4, 0.5) is 0 Å². The van der Waals surface area contributed by atoms with Crippen molar-refractivity contribution in [2.75, 3.05) is 4.43 Å². The monoisotopic (exact) mass is 371 g/mol. The molecule has 0 saturated heterocycles. The van der Waals surface area contributed by atoms with E-state index in [1.807, 2.05) is 18.2 Å². The van der Waals surface area contributed by atoms with Gasteiger partial charge in [0.25, 0.3) is 0 Å². The summed E-state index contributed by atoms with van der Waals surface area (Å²) in [7, 11) is 0. The fraction of sp³-hybridized carbons (Fsp3) is 0.500. The number of nitrogens with one attached hydrogen (secondary N) is 1. The van der Waals surface area contributed by atoms with Crippen LogP contribution in [0.5, 0.6) is 0 Å². The second-order valence-electron chi connectivity index (χ2n) is 4.12. The van der Waals surface area contributed by atoms with Gasteiger partial charge >= 0.3 is 0 Å². The van der Waals surface area contributed by atoms with Crippen molar-refractivity contribution in [1.29, 1.82) is 0 Å². The summed E-state index contributed by atoms with van der Waals surface area (Å²) in [6.45, 7) is 5.21. The van der Waals surface area contributed by atoms with Gasteiger partial charge in [0.05, 0.1) is 0 Å². The van der Waals surface area contributed by atoms with Gasteiger partial charge in [-0.2, -0.15) is 0 Å². The van der Waals surface area contributed by atoms with Crippen LogP contribution in [-0.4, -0.2) is 10.5 Å². The third kappa shape index (κ3) is 4.40. The van der Waals surface area contributed by atoms with Crippen molar-refractivity contribution >= 4 is 45.8 Å². The normalized spacial score (nSPS) is 13.1. The lowest BCUT2D eigenvalue weighted by atomic mass is 10.1. The first kappa shape index (κ1) is 14.6. The Hall–Kier alpha value is 0.490. The molecular formula is C12H16Cl2IN. The molecule has 1 N–H and O–H groups in total. The molecule has 1 aromatic rings. The highest BCUT2D eigenvalue weighted by atomic mass is 127. The van der Waals surface area contributed by atoms with E-state index in [1.54, 1.807) is 0 Å². The standard InChI is InChI=1S/C12H16Cl2IN/c1-8(2)12(6-15)16-7-9-5-10(13)3-4-11(9)14/h3-5,8,12,16H,6-7H2,1-2H3. The van der Waals surface area contributed by atoms with Gasteiger partial charge in [-0.25, -0.2) is 0 Å². The Morgan fingerprint density at radius 1 is 1.31 bits per heavy atom. The largest absolute Gasteiger partial charge is 0.309 e. The maximum Gasteiger partial charge on any atom is 0.0451 e. The Balaban J connectivity index is 2.63. The molecule has 0 spiro atoms. The molecule has 1 unspecified atom stereocenters. The summed E-state index contributed by atoms with van der Waals surface area (Å²) in [6, 6.07) is 6.08. The van der Waals surface area contributed by atoms with Crippen LogP contribution in [0.15, 0.2) is 18.2 Å². The van der Waals surface area contributed by atoms with E-state index in [-0.39, 0.29) is 0 Å².